The Labute approximate surface area is 111 Å². The highest BCUT2D eigenvalue weighted by Crippen LogP contribution is 2.29. The van der Waals surface area contributed by atoms with Crippen LogP contribution >= 0.6 is 23.2 Å². The summed E-state index contributed by atoms with van der Waals surface area (Å²) in [4.78, 5) is 15.8. The number of rotatable bonds is 3. The standard InChI is InChI=1S/C12H14Cl2N2O/c1-7(8-3-2-4-8)15-12(17)9-5-10(13)16-11(14)6-9/h5-8H,2-4H2,1H3,(H,15,17). The van der Waals surface area contributed by atoms with E-state index >= 15 is 0 Å². The van der Waals surface area contributed by atoms with Crippen molar-refractivity contribution in [2.75, 3.05) is 0 Å². The number of hydrogen-bond acceptors (Lipinski definition) is 2. The molecule has 1 fully saturated rings. The van der Waals surface area contributed by atoms with Crippen LogP contribution in [0, 0.1) is 5.92 Å². The Bertz CT molecular complexity index is 412. The van der Waals surface area contributed by atoms with E-state index in [9.17, 15) is 4.79 Å². The highest BCUT2D eigenvalue weighted by Gasteiger charge is 2.25. The van der Waals surface area contributed by atoms with Crippen LogP contribution in [-0.2, 0) is 0 Å². The predicted octanol–water partition coefficient (Wildman–Crippen LogP) is 3.31. The smallest absolute Gasteiger partial charge is 0.251 e. The summed E-state index contributed by atoms with van der Waals surface area (Å²) >= 11 is 11.5. The van der Waals surface area contributed by atoms with E-state index in [1.54, 1.807) is 0 Å². The van der Waals surface area contributed by atoms with Crippen molar-refractivity contribution >= 4 is 29.1 Å². The summed E-state index contributed by atoms with van der Waals surface area (Å²) in [6, 6.07) is 3.24. The molecule has 0 bridgehead atoms. The third-order valence-electron chi connectivity index (χ3n) is 3.24. The quantitative estimate of drug-likeness (QED) is 0.858. The summed E-state index contributed by atoms with van der Waals surface area (Å²) < 4.78 is 0. The minimum absolute atomic E-state index is 0.143. The van der Waals surface area contributed by atoms with Gasteiger partial charge in [-0.1, -0.05) is 29.6 Å². The van der Waals surface area contributed by atoms with Gasteiger partial charge in [0.2, 0.25) is 0 Å². The first-order valence-electron chi connectivity index (χ1n) is 5.70. The lowest BCUT2D eigenvalue weighted by Gasteiger charge is -2.31. The molecule has 0 radical (unpaired) electrons. The number of halogens is 2. The van der Waals surface area contributed by atoms with Gasteiger partial charge in [-0.05, 0) is 37.8 Å². The molecular weight excluding hydrogens is 259 g/mol. The summed E-state index contributed by atoms with van der Waals surface area (Å²) in [6.07, 6.45) is 3.65. The molecule has 0 aliphatic heterocycles. The Morgan fingerprint density at radius 1 is 1.41 bits per heavy atom. The van der Waals surface area contributed by atoms with Crippen LogP contribution in [0.3, 0.4) is 0 Å². The third kappa shape index (κ3) is 3.11. The molecule has 1 N–H and O–H groups in total. The summed E-state index contributed by atoms with van der Waals surface area (Å²) in [5.41, 5.74) is 0.459. The molecule has 0 spiro atoms. The van der Waals surface area contributed by atoms with Gasteiger partial charge in [-0.15, -0.1) is 0 Å². The zero-order valence-corrected chi connectivity index (χ0v) is 11.1. The Balaban J connectivity index is 2.03. The van der Waals surface area contributed by atoms with Crippen LogP contribution in [0.2, 0.25) is 10.3 Å². The lowest BCUT2D eigenvalue weighted by Crippen LogP contribution is -2.40. The van der Waals surface area contributed by atoms with E-state index in [-0.39, 0.29) is 22.3 Å². The number of aromatic nitrogens is 1. The molecule has 92 valence electrons. The van der Waals surface area contributed by atoms with E-state index in [1.165, 1.54) is 31.4 Å². The van der Waals surface area contributed by atoms with Crippen molar-refractivity contribution in [3.8, 4) is 0 Å². The molecule has 1 aromatic rings. The first-order valence-corrected chi connectivity index (χ1v) is 6.46. The predicted molar refractivity (Wildman–Crippen MR) is 68.5 cm³/mol. The summed E-state index contributed by atoms with van der Waals surface area (Å²) in [5.74, 6) is 0.460. The molecule has 0 aromatic carbocycles. The van der Waals surface area contributed by atoms with Gasteiger partial charge in [0.25, 0.3) is 5.91 Å². The first kappa shape index (κ1) is 12.7. The molecule has 1 aromatic heterocycles. The van der Waals surface area contributed by atoms with E-state index in [2.05, 4.69) is 10.3 Å². The number of hydrogen-bond donors (Lipinski definition) is 1. The van der Waals surface area contributed by atoms with Gasteiger partial charge in [0, 0.05) is 11.6 Å². The largest absolute Gasteiger partial charge is 0.349 e. The molecule has 5 heteroatoms. The number of carbonyl (C=O) groups is 1. The van der Waals surface area contributed by atoms with Crippen molar-refractivity contribution in [1.82, 2.24) is 10.3 Å². The van der Waals surface area contributed by atoms with Gasteiger partial charge in [0.15, 0.2) is 0 Å². The van der Waals surface area contributed by atoms with Gasteiger partial charge in [-0.25, -0.2) is 4.98 Å². The molecule has 1 atom stereocenters. The third-order valence-corrected chi connectivity index (χ3v) is 3.63. The fraction of sp³-hybridized carbons (Fsp3) is 0.500. The zero-order chi connectivity index (χ0) is 12.4. The SMILES string of the molecule is CC(NC(=O)c1cc(Cl)nc(Cl)c1)C1CCC1. The van der Waals surface area contributed by atoms with Gasteiger partial charge in [-0.2, -0.15) is 0 Å². The van der Waals surface area contributed by atoms with Gasteiger partial charge in [0.1, 0.15) is 10.3 Å². The summed E-state index contributed by atoms with van der Waals surface area (Å²) in [7, 11) is 0. The fourth-order valence-corrected chi connectivity index (χ4v) is 2.40. The summed E-state index contributed by atoms with van der Waals surface area (Å²) in [5, 5.41) is 3.44. The maximum absolute atomic E-state index is 11.9. The molecule has 3 nitrogen and oxygen atoms in total. The minimum Gasteiger partial charge on any atom is -0.349 e. The second-order valence-corrected chi connectivity index (χ2v) is 5.23. The second kappa shape index (κ2) is 5.23. The van der Waals surface area contributed by atoms with Crippen LogP contribution in [0.15, 0.2) is 12.1 Å². The number of nitrogens with zero attached hydrogens (tertiary/aromatic N) is 1. The minimum atomic E-state index is -0.143. The maximum atomic E-state index is 11.9. The van der Waals surface area contributed by atoms with Crippen LogP contribution in [0.25, 0.3) is 0 Å². The highest BCUT2D eigenvalue weighted by molar-refractivity contribution is 6.33. The molecule has 1 unspecified atom stereocenters. The summed E-state index contributed by atoms with van der Waals surface area (Å²) in [6.45, 7) is 2.03. The topological polar surface area (TPSA) is 42.0 Å². The Morgan fingerprint density at radius 3 is 2.47 bits per heavy atom. The molecule has 17 heavy (non-hydrogen) atoms. The van der Waals surface area contributed by atoms with Crippen molar-refractivity contribution in [1.29, 1.82) is 0 Å². The number of pyridine rings is 1. The van der Waals surface area contributed by atoms with Crippen LogP contribution in [0.4, 0.5) is 0 Å². The van der Waals surface area contributed by atoms with Crippen LogP contribution in [0.1, 0.15) is 36.5 Å². The molecule has 1 amide bonds. The lowest BCUT2D eigenvalue weighted by molar-refractivity contribution is 0.0909. The van der Waals surface area contributed by atoms with E-state index in [1.807, 2.05) is 6.92 Å². The van der Waals surface area contributed by atoms with Crippen molar-refractivity contribution in [2.24, 2.45) is 5.92 Å². The normalized spacial score (nSPS) is 17.4. The molecule has 2 rings (SSSR count). The average Bonchev–Trinajstić information content (AvgIpc) is 2.12. The lowest BCUT2D eigenvalue weighted by atomic mass is 9.80. The molecule has 0 saturated heterocycles. The van der Waals surface area contributed by atoms with E-state index < -0.39 is 0 Å². The van der Waals surface area contributed by atoms with Gasteiger partial charge in [0.05, 0.1) is 0 Å². The van der Waals surface area contributed by atoms with Gasteiger partial charge < -0.3 is 5.32 Å². The van der Waals surface area contributed by atoms with Crippen LogP contribution in [0.5, 0.6) is 0 Å². The van der Waals surface area contributed by atoms with Crippen molar-refractivity contribution < 1.29 is 4.79 Å². The molecular formula is C12H14Cl2N2O. The van der Waals surface area contributed by atoms with Gasteiger partial charge in [-0.3, -0.25) is 4.79 Å². The van der Waals surface area contributed by atoms with E-state index in [4.69, 9.17) is 23.2 Å². The molecule has 1 saturated carbocycles. The monoisotopic (exact) mass is 272 g/mol. The Morgan fingerprint density at radius 2 is 2.00 bits per heavy atom. The average molecular weight is 273 g/mol. The molecule has 1 aliphatic rings. The maximum Gasteiger partial charge on any atom is 0.251 e. The highest BCUT2D eigenvalue weighted by atomic mass is 35.5. The second-order valence-electron chi connectivity index (χ2n) is 4.45. The van der Waals surface area contributed by atoms with Crippen molar-refractivity contribution in [3.63, 3.8) is 0 Å². The van der Waals surface area contributed by atoms with Crippen molar-refractivity contribution in [3.05, 3.63) is 28.0 Å². The fourth-order valence-electron chi connectivity index (χ4n) is 1.94. The van der Waals surface area contributed by atoms with Crippen LogP contribution < -0.4 is 5.32 Å². The van der Waals surface area contributed by atoms with Gasteiger partial charge >= 0.3 is 0 Å². The van der Waals surface area contributed by atoms with E-state index in [0.29, 0.717) is 11.5 Å². The molecule has 1 aliphatic carbocycles. The molecule has 1 heterocycles. The Hall–Kier alpha value is -0.800. The van der Waals surface area contributed by atoms with Crippen molar-refractivity contribution in [2.45, 2.75) is 32.2 Å². The number of amides is 1. The van der Waals surface area contributed by atoms with E-state index in [0.717, 1.165) is 0 Å². The van der Waals surface area contributed by atoms with Crippen LogP contribution in [-0.4, -0.2) is 16.9 Å². The zero-order valence-electron chi connectivity index (χ0n) is 9.54. The Kier molecular flexibility index (Phi) is 3.89. The number of carbonyl (C=O) groups excluding carboxylic acids is 1. The first-order chi connectivity index (χ1) is 8.06. The number of nitrogens with one attached hydrogen (secondary N) is 1.